The molecular weight excluding hydrogens is 214 g/mol. The number of hydrogen-bond acceptors (Lipinski definition) is 3. The van der Waals surface area contributed by atoms with Crippen LogP contribution in [-0.2, 0) is 11.3 Å². The van der Waals surface area contributed by atoms with Gasteiger partial charge in [-0.1, -0.05) is 11.6 Å². The van der Waals surface area contributed by atoms with E-state index >= 15 is 0 Å². The Labute approximate surface area is 95.0 Å². The average Bonchev–Trinajstić information content (AvgIpc) is 2.20. The molecule has 0 heterocycles. The van der Waals surface area contributed by atoms with E-state index in [1.807, 2.05) is 6.92 Å². The summed E-state index contributed by atoms with van der Waals surface area (Å²) in [4.78, 5) is 0. The van der Waals surface area contributed by atoms with E-state index in [1.165, 1.54) is 0 Å². The van der Waals surface area contributed by atoms with E-state index in [0.717, 1.165) is 5.56 Å². The molecule has 0 radical (unpaired) electrons. The van der Waals surface area contributed by atoms with Crippen molar-refractivity contribution in [2.75, 3.05) is 13.7 Å². The van der Waals surface area contributed by atoms with Gasteiger partial charge < -0.3 is 15.2 Å². The number of halogens is 1. The summed E-state index contributed by atoms with van der Waals surface area (Å²) >= 11 is 5.83. The van der Waals surface area contributed by atoms with E-state index < -0.39 is 0 Å². The summed E-state index contributed by atoms with van der Waals surface area (Å²) in [6, 6.07) is 5.26. The predicted octanol–water partition coefficient (Wildman–Crippen LogP) is 2.17. The maximum Gasteiger partial charge on any atom is 0.120 e. The molecule has 0 saturated heterocycles. The lowest BCUT2D eigenvalue weighted by Gasteiger charge is -2.13. The van der Waals surface area contributed by atoms with E-state index in [9.17, 15) is 5.11 Å². The van der Waals surface area contributed by atoms with Crippen LogP contribution in [-0.4, -0.2) is 24.9 Å². The molecule has 1 atom stereocenters. The highest BCUT2D eigenvalue weighted by molar-refractivity contribution is 6.30. The maximum absolute atomic E-state index is 9.55. The highest BCUT2D eigenvalue weighted by Crippen LogP contribution is 2.21. The van der Waals surface area contributed by atoms with Crippen LogP contribution in [0.1, 0.15) is 12.5 Å². The third-order valence-electron chi connectivity index (χ3n) is 2.10. The van der Waals surface area contributed by atoms with Crippen molar-refractivity contribution in [3.05, 3.63) is 28.8 Å². The first kappa shape index (κ1) is 12.3. The van der Waals surface area contributed by atoms with Crippen molar-refractivity contribution < 1.29 is 9.84 Å². The second-order valence-electron chi connectivity index (χ2n) is 3.51. The molecule has 1 rings (SSSR count). The van der Waals surface area contributed by atoms with Crippen LogP contribution in [0.2, 0.25) is 5.02 Å². The van der Waals surface area contributed by atoms with Crippen molar-refractivity contribution in [2.24, 2.45) is 0 Å². The summed E-state index contributed by atoms with van der Waals surface area (Å²) in [5.41, 5.74) is 0.797. The highest BCUT2D eigenvalue weighted by Gasteiger charge is 2.04. The largest absolute Gasteiger partial charge is 0.508 e. The second-order valence-corrected chi connectivity index (χ2v) is 3.95. The van der Waals surface area contributed by atoms with Gasteiger partial charge in [-0.3, -0.25) is 0 Å². The molecule has 0 aliphatic carbocycles. The molecule has 15 heavy (non-hydrogen) atoms. The van der Waals surface area contributed by atoms with Crippen LogP contribution in [0, 0.1) is 0 Å². The maximum atomic E-state index is 9.55. The summed E-state index contributed by atoms with van der Waals surface area (Å²) in [6.07, 6.45) is 0. The number of nitrogens with one attached hydrogen (secondary N) is 1. The van der Waals surface area contributed by atoms with Gasteiger partial charge in [0.2, 0.25) is 0 Å². The van der Waals surface area contributed by atoms with Gasteiger partial charge in [-0.2, -0.15) is 0 Å². The van der Waals surface area contributed by atoms with Crippen LogP contribution in [0.5, 0.6) is 5.75 Å². The molecular formula is C11H16ClNO2. The number of ether oxygens (including phenoxy) is 1. The van der Waals surface area contributed by atoms with E-state index in [-0.39, 0.29) is 11.8 Å². The molecule has 0 spiro atoms. The molecule has 84 valence electrons. The molecule has 0 aliphatic heterocycles. The number of rotatable bonds is 5. The van der Waals surface area contributed by atoms with Gasteiger partial charge in [0, 0.05) is 30.3 Å². The summed E-state index contributed by atoms with van der Waals surface area (Å²) in [5.74, 6) is 0.261. The van der Waals surface area contributed by atoms with Gasteiger partial charge in [0.15, 0.2) is 0 Å². The van der Waals surface area contributed by atoms with E-state index in [1.54, 1.807) is 25.3 Å². The molecule has 0 amide bonds. The number of phenolic OH excluding ortho intramolecular Hbond substituents is 1. The summed E-state index contributed by atoms with van der Waals surface area (Å²) in [7, 11) is 1.66. The first-order valence-corrected chi connectivity index (χ1v) is 5.21. The zero-order valence-corrected chi connectivity index (χ0v) is 9.71. The van der Waals surface area contributed by atoms with Crippen LogP contribution < -0.4 is 5.32 Å². The lowest BCUT2D eigenvalue weighted by Crippen LogP contribution is -2.29. The van der Waals surface area contributed by atoms with Crippen LogP contribution in [0.4, 0.5) is 0 Å². The van der Waals surface area contributed by atoms with Crippen molar-refractivity contribution in [1.29, 1.82) is 0 Å². The van der Waals surface area contributed by atoms with Crippen LogP contribution in [0.25, 0.3) is 0 Å². The monoisotopic (exact) mass is 229 g/mol. The fourth-order valence-corrected chi connectivity index (χ4v) is 1.48. The third-order valence-corrected chi connectivity index (χ3v) is 2.33. The Morgan fingerprint density at radius 3 is 2.93 bits per heavy atom. The van der Waals surface area contributed by atoms with Crippen molar-refractivity contribution in [3.8, 4) is 5.75 Å². The molecule has 0 aliphatic rings. The zero-order chi connectivity index (χ0) is 11.3. The zero-order valence-electron chi connectivity index (χ0n) is 8.96. The Morgan fingerprint density at radius 2 is 2.27 bits per heavy atom. The van der Waals surface area contributed by atoms with Gasteiger partial charge in [-0.25, -0.2) is 0 Å². The highest BCUT2D eigenvalue weighted by atomic mass is 35.5. The molecule has 4 heteroatoms. The quantitative estimate of drug-likeness (QED) is 0.813. The van der Waals surface area contributed by atoms with Crippen molar-refractivity contribution in [1.82, 2.24) is 5.32 Å². The second kappa shape index (κ2) is 5.95. The Kier molecular flexibility index (Phi) is 4.88. The van der Waals surface area contributed by atoms with Crippen LogP contribution in [0.15, 0.2) is 18.2 Å². The van der Waals surface area contributed by atoms with Crippen LogP contribution >= 0.6 is 11.6 Å². The Balaban J connectivity index is 2.53. The first-order chi connectivity index (χ1) is 7.13. The molecule has 0 unspecified atom stereocenters. The minimum absolute atomic E-state index is 0.244. The van der Waals surface area contributed by atoms with E-state index in [0.29, 0.717) is 18.2 Å². The smallest absolute Gasteiger partial charge is 0.120 e. The van der Waals surface area contributed by atoms with Gasteiger partial charge in [0.1, 0.15) is 5.75 Å². The third kappa shape index (κ3) is 4.08. The minimum atomic E-state index is 0.244. The number of benzene rings is 1. The predicted molar refractivity (Wildman–Crippen MR) is 61.3 cm³/mol. The molecule has 0 fully saturated rings. The molecule has 0 saturated carbocycles. The van der Waals surface area contributed by atoms with Gasteiger partial charge >= 0.3 is 0 Å². The van der Waals surface area contributed by atoms with E-state index in [4.69, 9.17) is 16.3 Å². The normalized spacial score (nSPS) is 12.7. The standard InChI is InChI=1S/C11H16ClNO2/c1-8(7-15-2)13-6-9-5-10(12)3-4-11(9)14/h3-5,8,13-14H,6-7H2,1-2H3/t8-/m1/s1. The Morgan fingerprint density at radius 1 is 1.53 bits per heavy atom. The average molecular weight is 230 g/mol. The molecule has 0 aromatic heterocycles. The van der Waals surface area contributed by atoms with E-state index in [2.05, 4.69) is 5.32 Å². The lowest BCUT2D eigenvalue weighted by atomic mass is 10.2. The lowest BCUT2D eigenvalue weighted by molar-refractivity contribution is 0.171. The molecule has 3 nitrogen and oxygen atoms in total. The number of phenols is 1. The topological polar surface area (TPSA) is 41.5 Å². The Hall–Kier alpha value is -0.770. The summed E-state index contributed by atoms with van der Waals surface area (Å²) < 4.78 is 4.99. The van der Waals surface area contributed by atoms with Crippen molar-refractivity contribution >= 4 is 11.6 Å². The molecule has 0 bridgehead atoms. The molecule has 1 aromatic rings. The number of aromatic hydroxyl groups is 1. The van der Waals surface area contributed by atoms with Crippen LogP contribution in [0.3, 0.4) is 0 Å². The minimum Gasteiger partial charge on any atom is -0.508 e. The Bertz CT molecular complexity index is 317. The fourth-order valence-electron chi connectivity index (χ4n) is 1.29. The fraction of sp³-hybridized carbons (Fsp3) is 0.455. The van der Waals surface area contributed by atoms with Crippen molar-refractivity contribution in [2.45, 2.75) is 19.5 Å². The SMILES string of the molecule is COC[C@@H](C)NCc1cc(Cl)ccc1O. The van der Waals surface area contributed by atoms with Crippen molar-refractivity contribution in [3.63, 3.8) is 0 Å². The van der Waals surface area contributed by atoms with Gasteiger partial charge in [-0.15, -0.1) is 0 Å². The molecule has 2 N–H and O–H groups in total. The molecule has 1 aromatic carbocycles. The number of methoxy groups -OCH3 is 1. The number of hydrogen-bond donors (Lipinski definition) is 2. The van der Waals surface area contributed by atoms with Gasteiger partial charge in [0.05, 0.1) is 6.61 Å². The first-order valence-electron chi connectivity index (χ1n) is 4.83. The van der Waals surface area contributed by atoms with Gasteiger partial charge in [-0.05, 0) is 25.1 Å². The van der Waals surface area contributed by atoms with Gasteiger partial charge in [0.25, 0.3) is 0 Å². The summed E-state index contributed by atoms with van der Waals surface area (Å²) in [5, 5.41) is 13.4. The summed E-state index contributed by atoms with van der Waals surface area (Å²) in [6.45, 7) is 3.24.